The molecule has 21 heavy (non-hydrogen) atoms. The molecule has 0 spiro atoms. The number of alkyl halides is 3. The van der Waals surface area contributed by atoms with E-state index in [9.17, 15) is 18.0 Å². The Bertz CT molecular complexity index is 694. The lowest BCUT2D eigenvalue weighted by Gasteiger charge is -2.06. The van der Waals surface area contributed by atoms with Crippen LogP contribution >= 0.6 is 11.6 Å². The number of rotatable bonds is 2. The number of nitrogens with one attached hydrogen (secondary N) is 1. The first-order valence-electron chi connectivity index (χ1n) is 5.90. The van der Waals surface area contributed by atoms with Crippen LogP contribution in [0.25, 0.3) is 5.69 Å². The molecule has 1 N–H and O–H groups in total. The molecule has 8 heteroatoms. The van der Waals surface area contributed by atoms with Crippen molar-refractivity contribution < 1.29 is 18.0 Å². The molecule has 0 saturated heterocycles. The van der Waals surface area contributed by atoms with Gasteiger partial charge >= 0.3 is 6.18 Å². The molecule has 0 aliphatic rings. The van der Waals surface area contributed by atoms with Crippen molar-refractivity contribution in [3.8, 4) is 5.69 Å². The summed E-state index contributed by atoms with van der Waals surface area (Å²) >= 11 is 5.70. The summed E-state index contributed by atoms with van der Waals surface area (Å²) in [6, 6.07) is 6.09. The predicted octanol–water partition coefficient (Wildman–Crippen LogP) is 3.21. The summed E-state index contributed by atoms with van der Waals surface area (Å²) in [7, 11) is 1.47. The van der Waals surface area contributed by atoms with E-state index >= 15 is 0 Å². The molecule has 1 aromatic heterocycles. The van der Waals surface area contributed by atoms with E-state index in [2.05, 4.69) is 10.4 Å². The highest BCUT2D eigenvalue weighted by Gasteiger charge is 2.38. The maximum absolute atomic E-state index is 12.8. The van der Waals surface area contributed by atoms with Gasteiger partial charge in [0.2, 0.25) is 0 Å². The number of hydrogen-bond acceptors (Lipinski definition) is 2. The Kier molecular flexibility index (Phi) is 3.95. The maximum Gasteiger partial charge on any atom is 0.436 e. The minimum atomic E-state index is -4.63. The molecule has 1 heterocycles. The molecule has 1 amide bonds. The number of aromatic nitrogens is 2. The van der Waals surface area contributed by atoms with Crippen molar-refractivity contribution in [1.82, 2.24) is 15.1 Å². The molecule has 0 radical (unpaired) electrons. The quantitative estimate of drug-likeness (QED) is 0.924. The van der Waals surface area contributed by atoms with Gasteiger partial charge in [0.25, 0.3) is 5.91 Å². The van der Waals surface area contributed by atoms with Gasteiger partial charge in [-0.1, -0.05) is 17.7 Å². The van der Waals surface area contributed by atoms with E-state index in [4.69, 9.17) is 11.6 Å². The monoisotopic (exact) mass is 317 g/mol. The molecule has 0 unspecified atom stereocenters. The average Bonchev–Trinajstić information content (AvgIpc) is 2.74. The first kappa shape index (κ1) is 15.4. The number of carbonyl (C=O) groups excluding carboxylic acids is 1. The predicted molar refractivity (Wildman–Crippen MR) is 71.7 cm³/mol. The molecule has 0 bridgehead atoms. The first-order valence-corrected chi connectivity index (χ1v) is 6.28. The number of halogens is 4. The third-order valence-electron chi connectivity index (χ3n) is 2.89. The minimum absolute atomic E-state index is 0.151. The standard InChI is InChI=1S/C13H11ClF3N3O/c1-7-10(14)11(13(15,16)17)19-20(7)9-5-3-4-8(6-9)12(21)18-2/h3-6H,1-2H3,(H,18,21). The zero-order valence-corrected chi connectivity index (χ0v) is 11.9. The summed E-state index contributed by atoms with van der Waals surface area (Å²) in [6.07, 6.45) is -4.63. The van der Waals surface area contributed by atoms with Crippen molar-refractivity contribution in [1.29, 1.82) is 0 Å². The largest absolute Gasteiger partial charge is 0.436 e. The van der Waals surface area contributed by atoms with Crippen LogP contribution in [0.2, 0.25) is 5.02 Å². The molecule has 2 rings (SSSR count). The van der Waals surface area contributed by atoms with Crippen molar-refractivity contribution in [3.63, 3.8) is 0 Å². The van der Waals surface area contributed by atoms with Crippen LogP contribution in [0.1, 0.15) is 21.7 Å². The minimum Gasteiger partial charge on any atom is -0.355 e. The van der Waals surface area contributed by atoms with Gasteiger partial charge < -0.3 is 5.32 Å². The van der Waals surface area contributed by atoms with Gasteiger partial charge in [-0.3, -0.25) is 4.79 Å². The van der Waals surface area contributed by atoms with Gasteiger partial charge in [0, 0.05) is 12.6 Å². The van der Waals surface area contributed by atoms with Gasteiger partial charge in [-0.05, 0) is 25.1 Å². The molecule has 112 valence electrons. The van der Waals surface area contributed by atoms with Crippen LogP contribution in [0.4, 0.5) is 13.2 Å². The van der Waals surface area contributed by atoms with E-state index in [1.54, 1.807) is 18.2 Å². The first-order chi connectivity index (χ1) is 9.75. The van der Waals surface area contributed by atoms with E-state index < -0.39 is 16.9 Å². The molecule has 4 nitrogen and oxygen atoms in total. The molecular formula is C13H11ClF3N3O. The second kappa shape index (κ2) is 5.40. The van der Waals surface area contributed by atoms with Crippen LogP contribution in [0.5, 0.6) is 0 Å². The third kappa shape index (κ3) is 2.87. The van der Waals surface area contributed by atoms with Crippen molar-refractivity contribution in [3.05, 3.63) is 46.2 Å². The van der Waals surface area contributed by atoms with E-state index in [1.807, 2.05) is 0 Å². The lowest BCUT2D eigenvalue weighted by molar-refractivity contribution is -0.141. The number of hydrogen-bond donors (Lipinski definition) is 1. The highest BCUT2D eigenvalue weighted by Crippen LogP contribution is 2.36. The number of nitrogens with zero attached hydrogens (tertiary/aromatic N) is 2. The SMILES string of the molecule is CNC(=O)c1cccc(-n2nc(C(F)(F)F)c(Cl)c2C)c1. The number of benzene rings is 1. The summed E-state index contributed by atoms with van der Waals surface area (Å²) in [5.74, 6) is -0.344. The lowest BCUT2D eigenvalue weighted by Crippen LogP contribution is -2.18. The zero-order chi connectivity index (χ0) is 15.8. The molecule has 2 aromatic rings. The van der Waals surface area contributed by atoms with Crippen LogP contribution < -0.4 is 5.32 Å². The molecule has 0 aliphatic heterocycles. The fourth-order valence-electron chi connectivity index (χ4n) is 1.84. The third-order valence-corrected chi connectivity index (χ3v) is 3.34. The second-order valence-electron chi connectivity index (χ2n) is 4.29. The van der Waals surface area contributed by atoms with Crippen LogP contribution in [0.15, 0.2) is 24.3 Å². The Labute approximate surface area is 123 Å². The highest BCUT2D eigenvalue weighted by molar-refractivity contribution is 6.32. The maximum atomic E-state index is 12.8. The number of carbonyl (C=O) groups is 1. The van der Waals surface area contributed by atoms with Crippen LogP contribution in [0, 0.1) is 6.92 Å². The summed E-state index contributed by atoms with van der Waals surface area (Å²) < 4.78 is 39.5. The second-order valence-corrected chi connectivity index (χ2v) is 4.66. The van der Waals surface area contributed by atoms with Gasteiger partial charge in [-0.25, -0.2) is 4.68 Å². The van der Waals surface area contributed by atoms with E-state index in [0.717, 1.165) is 4.68 Å². The van der Waals surface area contributed by atoms with Gasteiger partial charge in [0.15, 0.2) is 5.69 Å². The Morgan fingerprint density at radius 2 is 2.05 bits per heavy atom. The fourth-order valence-corrected chi connectivity index (χ4v) is 2.06. The van der Waals surface area contributed by atoms with Crippen LogP contribution in [0.3, 0.4) is 0 Å². The molecular weight excluding hydrogens is 307 g/mol. The van der Waals surface area contributed by atoms with Gasteiger partial charge in [0.05, 0.1) is 16.4 Å². The molecule has 0 aliphatic carbocycles. The summed E-state index contributed by atoms with van der Waals surface area (Å²) in [5, 5.41) is 5.49. The molecule has 0 atom stereocenters. The summed E-state index contributed by atoms with van der Waals surface area (Å²) in [6.45, 7) is 1.43. The Balaban J connectivity index is 2.55. The topological polar surface area (TPSA) is 46.9 Å². The average molecular weight is 318 g/mol. The van der Waals surface area contributed by atoms with Crippen molar-refractivity contribution in [2.24, 2.45) is 0 Å². The lowest BCUT2D eigenvalue weighted by atomic mass is 10.2. The molecule has 0 fully saturated rings. The number of amides is 1. The van der Waals surface area contributed by atoms with E-state index in [1.165, 1.54) is 20.0 Å². The van der Waals surface area contributed by atoms with Crippen molar-refractivity contribution >= 4 is 17.5 Å². The van der Waals surface area contributed by atoms with Crippen molar-refractivity contribution in [2.45, 2.75) is 13.1 Å². The Morgan fingerprint density at radius 3 is 2.57 bits per heavy atom. The zero-order valence-electron chi connectivity index (χ0n) is 11.1. The van der Waals surface area contributed by atoms with E-state index in [0.29, 0.717) is 11.3 Å². The van der Waals surface area contributed by atoms with Gasteiger partial charge in [0.1, 0.15) is 0 Å². The highest BCUT2D eigenvalue weighted by atomic mass is 35.5. The van der Waals surface area contributed by atoms with E-state index in [-0.39, 0.29) is 11.6 Å². The Hall–Kier alpha value is -2.02. The normalized spacial score (nSPS) is 11.5. The molecule has 0 saturated carbocycles. The Morgan fingerprint density at radius 1 is 1.38 bits per heavy atom. The summed E-state index contributed by atoms with van der Waals surface area (Å²) in [5.41, 5.74) is -0.356. The van der Waals surface area contributed by atoms with Crippen LogP contribution in [-0.2, 0) is 6.18 Å². The fraction of sp³-hybridized carbons (Fsp3) is 0.231. The van der Waals surface area contributed by atoms with Gasteiger partial charge in [-0.2, -0.15) is 18.3 Å². The van der Waals surface area contributed by atoms with Gasteiger partial charge in [-0.15, -0.1) is 0 Å². The van der Waals surface area contributed by atoms with Crippen molar-refractivity contribution in [2.75, 3.05) is 7.05 Å². The van der Waals surface area contributed by atoms with Crippen LogP contribution in [-0.4, -0.2) is 22.7 Å². The smallest absolute Gasteiger partial charge is 0.355 e. The molecule has 1 aromatic carbocycles. The summed E-state index contributed by atoms with van der Waals surface area (Å²) in [4.78, 5) is 11.6.